The van der Waals surface area contributed by atoms with Gasteiger partial charge in [-0.25, -0.2) is 0 Å². The molecule has 2 aromatic rings. The SMILES string of the molecule is CN/C(=C1/CCN(C(=O)c2cccc(Cl)c2Cl)CC1=N)c1ccccc1. The van der Waals surface area contributed by atoms with Gasteiger partial charge in [0, 0.05) is 24.9 Å². The Morgan fingerprint density at radius 1 is 1.12 bits per heavy atom. The van der Waals surface area contributed by atoms with Crippen LogP contribution in [0.5, 0.6) is 0 Å². The Morgan fingerprint density at radius 2 is 1.85 bits per heavy atom. The second-order valence-corrected chi connectivity index (χ2v) is 6.81. The summed E-state index contributed by atoms with van der Waals surface area (Å²) in [6.07, 6.45) is 0.605. The largest absolute Gasteiger partial charge is 0.387 e. The van der Waals surface area contributed by atoms with Crippen LogP contribution in [0.2, 0.25) is 10.0 Å². The normalized spacial score (nSPS) is 16.4. The molecule has 0 aromatic heterocycles. The molecule has 0 atom stereocenters. The number of nitrogens with one attached hydrogen (secondary N) is 2. The lowest BCUT2D eigenvalue weighted by Gasteiger charge is -2.31. The van der Waals surface area contributed by atoms with Gasteiger partial charge in [-0.2, -0.15) is 0 Å². The molecule has 4 nitrogen and oxygen atoms in total. The van der Waals surface area contributed by atoms with Gasteiger partial charge in [-0.1, -0.05) is 59.6 Å². The van der Waals surface area contributed by atoms with E-state index in [9.17, 15) is 4.79 Å². The minimum atomic E-state index is -0.202. The number of carbonyl (C=O) groups excluding carboxylic acids is 1. The van der Waals surface area contributed by atoms with Crippen LogP contribution in [0.25, 0.3) is 5.70 Å². The van der Waals surface area contributed by atoms with Crippen molar-refractivity contribution in [3.8, 4) is 0 Å². The highest BCUT2D eigenvalue weighted by atomic mass is 35.5. The lowest BCUT2D eigenvalue weighted by atomic mass is 9.95. The van der Waals surface area contributed by atoms with Crippen LogP contribution in [0.3, 0.4) is 0 Å². The van der Waals surface area contributed by atoms with Crippen LogP contribution in [-0.2, 0) is 0 Å². The molecule has 1 amide bonds. The molecule has 0 radical (unpaired) electrons. The molecule has 1 aliphatic rings. The monoisotopic (exact) mass is 387 g/mol. The van der Waals surface area contributed by atoms with E-state index in [1.807, 2.05) is 37.4 Å². The van der Waals surface area contributed by atoms with E-state index in [2.05, 4.69) is 5.32 Å². The number of hydrogen-bond acceptors (Lipinski definition) is 3. The van der Waals surface area contributed by atoms with Crippen LogP contribution < -0.4 is 5.32 Å². The number of nitrogens with zero attached hydrogens (tertiary/aromatic N) is 1. The Balaban J connectivity index is 1.84. The van der Waals surface area contributed by atoms with Gasteiger partial charge in [0.1, 0.15) is 0 Å². The lowest BCUT2D eigenvalue weighted by Crippen LogP contribution is -2.41. The number of likely N-dealkylation sites (tertiary alicyclic amines) is 1. The maximum Gasteiger partial charge on any atom is 0.255 e. The summed E-state index contributed by atoms with van der Waals surface area (Å²) in [6.45, 7) is 0.770. The van der Waals surface area contributed by atoms with E-state index in [-0.39, 0.29) is 17.5 Å². The Bertz CT molecular complexity index is 878. The molecule has 0 aliphatic carbocycles. The summed E-state index contributed by atoms with van der Waals surface area (Å²) in [4.78, 5) is 14.4. The van der Waals surface area contributed by atoms with Crippen molar-refractivity contribution in [1.82, 2.24) is 10.2 Å². The molecule has 6 heteroatoms. The third kappa shape index (κ3) is 3.62. The molecule has 0 bridgehead atoms. The maximum absolute atomic E-state index is 12.8. The predicted molar refractivity (Wildman–Crippen MR) is 107 cm³/mol. The molecule has 2 aromatic carbocycles. The van der Waals surface area contributed by atoms with E-state index >= 15 is 0 Å². The van der Waals surface area contributed by atoms with E-state index in [0.29, 0.717) is 29.3 Å². The van der Waals surface area contributed by atoms with E-state index in [1.165, 1.54) is 0 Å². The average molecular weight is 388 g/mol. The van der Waals surface area contributed by atoms with Crippen LogP contribution in [0, 0.1) is 5.41 Å². The molecule has 134 valence electrons. The number of hydrogen-bond donors (Lipinski definition) is 2. The molecular formula is C20H19Cl2N3O. The molecule has 0 unspecified atom stereocenters. The third-order valence-corrected chi connectivity index (χ3v) is 5.25. The van der Waals surface area contributed by atoms with E-state index in [4.69, 9.17) is 28.6 Å². The Kier molecular flexibility index (Phi) is 5.64. The van der Waals surface area contributed by atoms with Crippen molar-refractivity contribution in [2.45, 2.75) is 6.42 Å². The smallest absolute Gasteiger partial charge is 0.255 e. The minimum Gasteiger partial charge on any atom is -0.387 e. The summed E-state index contributed by atoms with van der Waals surface area (Å²) in [5, 5.41) is 12.3. The van der Waals surface area contributed by atoms with E-state index in [1.54, 1.807) is 23.1 Å². The first-order valence-electron chi connectivity index (χ1n) is 8.30. The van der Waals surface area contributed by atoms with Crippen molar-refractivity contribution >= 4 is 40.5 Å². The van der Waals surface area contributed by atoms with Crippen LogP contribution in [0.15, 0.2) is 54.1 Å². The second kappa shape index (κ2) is 7.94. The van der Waals surface area contributed by atoms with E-state index < -0.39 is 0 Å². The molecule has 1 heterocycles. The zero-order valence-corrected chi connectivity index (χ0v) is 15.9. The van der Waals surface area contributed by atoms with Crippen molar-refractivity contribution in [2.24, 2.45) is 0 Å². The molecule has 0 saturated carbocycles. The van der Waals surface area contributed by atoms with Crippen molar-refractivity contribution in [3.05, 3.63) is 75.3 Å². The summed E-state index contributed by atoms with van der Waals surface area (Å²) < 4.78 is 0. The van der Waals surface area contributed by atoms with Gasteiger partial charge in [0.05, 0.1) is 27.9 Å². The highest BCUT2D eigenvalue weighted by Crippen LogP contribution is 2.28. The highest BCUT2D eigenvalue weighted by Gasteiger charge is 2.27. The van der Waals surface area contributed by atoms with Gasteiger partial charge in [-0.05, 0) is 24.1 Å². The summed E-state index contributed by atoms with van der Waals surface area (Å²) in [5.74, 6) is -0.202. The van der Waals surface area contributed by atoms with Gasteiger partial charge in [0.15, 0.2) is 0 Å². The first-order chi connectivity index (χ1) is 12.5. The number of rotatable bonds is 3. The molecule has 1 aliphatic heterocycles. The first-order valence-corrected chi connectivity index (χ1v) is 9.06. The van der Waals surface area contributed by atoms with Gasteiger partial charge in [0.2, 0.25) is 0 Å². The predicted octanol–water partition coefficient (Wildman–Crippen LogP) is 4.49. The zero-order chi connectivity index (χ0) is 18.7. The highest BCUT2D eigenvalue weighted by molar-refractivity contribution is 6.43. The number of benzene rings is 2. The van der Waals surface area contributed by atoms with Crippen molar-refractivity contribution in [3.63, 3.8) is 0 Å². The molecule has 1 fully saturated rings. The number of halogens is 2. The topological polar surface area (TPSA) is 56.2 Å². The van der Waals surface area contributed by atoms with Gasteiger partial charge < -0.3 is 15.6 Å². The quantitative estimate of drug-likeness (QED) is 0.814. The molecular weight excluding hydrogens is 369 g/mol. The van der Waals surface area contributed by atoms with Gasteiger partial charge in [-0.3, -0.25) is 4.79 Å². The number of amides is 1. The number of piperidine rings is 1. The third-order valence-electron chi connectivity index (χ3n) is 4.43. The zero-order valence-electron chi connectivity index (χ0n) is 14.4. The number of carbonyl (C=O) groups is 1. The van der Waals surface area contributed by atoms with Gasteiger partial charge in [0.25, 0.3) is 5.91 Å². The fourth-order valence-corrected chi connectivity index (χ4v) is 3.51. The Hall–Kier alpha value is -2.30. The minimum absolute atomic E-state index is 0.202. The van der Waals surface area contributed by atoms with Crippen LogP contribution in [-0.4, -0.2) is 36.7 Å². The van der Waals surface area contributed by atoms with Crippen LogP contribution in [0.1, 0.15) is 22.3 Å². The summed E-state index contributed by atoms with van der Waals surface area (Å²) in [6, 6.07) is 14.9. The maximum atomic E-state index is 12.8. The average Bonchev–Trinajstić information content (AvgIpc) is 2.66. The summed E-state index contributed by atoms with van der Waals surface area (Å²) in [5.41, 5.74) is 3.70. The molecule has 0 spiro atoms. The summed E-state index contributed by atoms with van der Waals surface area (Å²) in [7, 11) is 1.85. The Labute approximate surface area is 162 Å². The molecule has 2 N–H and O–H groups in total. The molecule has 3 rings (SSSR count). The van der Waals surface area contributed by atoms with Gasteiger partial charge in [-0.15, -0.1) is 0 Å². The first kappa shape index (κ1) is 18.5. The lowest BCUT2D eigenvalue weighted by molar-refractivity contribution is 0.0776. The van der Waals surface area contributed by atoms with E-state index in [0.717, 1.165) is 16.8 Å². The van der Waals surface area contributed by atoms with Crippen molar-refractivity contribution in [2.75, 3.05) is 20.1 Å². The Morgan fingerprint density at radius 3 is 2.50 bits per heavy atom. The fourth-order valence-electron chi connectivity index (χ4n) is 3.13. The van der Waals surface area contributed by atoms with Crippen LogP contribution >= 0.6 is 23.2 Å². The summed E-state index contributed by atoms with van der Waals surface area (Å²) >= 11 is 12.2. The van der Waals surface area contributed by atoms with Gasteiger partial charge >= 0.3 is 0 Å². The standard InChI is InChI=1S/C20H19Cl2N3O/c1-24-19(13-6-3-2-4-7-13)14-10-11-25(12-17(14)23)20(26)15-8-5-9-16(21)18(15)22/h2-9,23-24H,10-12H2,1H3/b19-14-,23-17?. The second-order valence-electron chi connectivity index (χ2n) is 6.03. The molecule has 1 saturated heterocycles. The van der Waals surface area contributed by atoms with Crippen LogP contribution in [0.4, 0.5) is 0 Å². The van der Waals surface area contributed by atoms with Crippen molar-refractivity contribution < 1.29 is 4.79 Å². The molecule has 26 heavy (non-hydrogen) atoms. The van der Waals surface area contributed by atoms with Crippen molar-refractivity contribution in [1.29, 1.82) is 5.41 Å². The fraction of sp³-hybridized carbons (Fsp3) is 0.200.